The molecule has 0 radical (unpaired) electrons. The summed E-state index contributed by atoms with van der Waals surface area (Å²) in [5.74, 6) is -0.226. The van der Waals surface area contributed by atoms with Gasteiger partial charge in [0.05, 0.1) is 6.10 Å². The largest absolute Gasteiger partial charge is 0.490 e. The first-order valence-corrected chi connectivity index (χ1v) is 5.53. The van der Waals surface area contributed by atoms with Crippen molar-refractivity contribution in [3.8, 4) is 5.75 Å². The molecule has 4 heteroatoms. The summed E-state index contributed by atoms with van der Waals surface area (Å²) in [7, 11) is 0. The second kappa shape index (κ2) is 5.00. The molecule has 0 saturated heterocycles. The number of rotatable bonds is 5. The van der Waals surface area contributed by atoms with Gasteiger partial charge in [0.1, 0.15) is 10.6 Å². The minimum atomic E-state index is -0.894. The maximum atomic E-state index is 10.6. The van der Waals surface area contributed by atoms with Crippen LogP contribution in [0.15, 0.2) is 11.4 Å². The molecule has 0 spiro atoms. The van der Waals surface area contributed by atoms with Crippen LogP contribution in [0.4, 0.5) is 0 Å². The van der Waals surface area contributed by atoms with Gasteiger partial charge in [0.2, 0.25) is 0 Å². The minimum Gasteiger partial charge on any atom is -0.490 e. The Balaban J connectivity index is 2.63. The van der Waals surface area contributed by atoms with E-state index in [0.29, 0.717) is 10.6 Å². The quantitative estimate of drug-likeness (QED) is 0.819. The summed E-state index contributed by atoms with van der Waals surface area (Å²) in [6, 6.07) is 1.57. The van der Waals surface area contributed by atoms with Crippen LogP contribution < -0.4 is 4.74 Å². The Bertz CT molecular complexity index is 302. The number of carbonyl (C=O) groups is 1. The van der Waals surface area contributed by atoms with E-state index in [1.807, 2.05) is 0 Å². The number of carboxylic acids is 1. The summed E-state index contributed by atoms with van der Waals surface area (Å²) in [5, 5.41) is 10.4. The van der Waals surface area contributed by atoms with E-state index in [2.05, 4.69) is 13.8 Å². The van der Waals surface area contributed by atoms with Crippen molar-refractivity contribution in [2.75, 3.05) is 0 Å². The summed E-state index contributed by atoms with van der Waals surface area (Å²) in [6.45, 7) is 4.11. The lowest BCUT2D eigenvalue weighted by atomic mass is 10.2. The van der Waals surface area contributed by atoms with E-state index >= 15 is 0 Å². The monoisotopic (exact) mass is 214 g/mol. The fourth-order valence-corrected chi connectivity index (χ4v) is 1.79. The van der Waals surface area contributed by atoms with E-state index in [9.17, 15) is 4.79 Å². The van der Waals surface area contributed by atoms with Gasteiger partial charge in [-0.3, -0.25) is 0 Å². The van der Waals surface area contributed by atoms with Gasteiger partial charge in [0, 0.05) is 11.4 Å². The number of ether oxygens (including phenoxy) is 1. The Kier molecular flexibility index (Phi) is 3.95. The average molecular weight is 214 g/mol. The molecule has 0 aliphatic carbocycles. The molecule has 0 atom stereocenters. The van der Waals surface area contributed by atoms with Crippen LogP contribution in [0.3, 0.4) is 0 Å². The van der Waals surface area contributed by atoms with Gasteiger partial charge in [-0.2, -0.15) is 0 Å². The maximum absolute atomic E-state index is 10.6. The summed E-state index contributed by atoms with van der Waals surface area (Å²) in [4.78, 5) is 10.9. The molecule has 1 aromatic rings. The Morgan fingerprint density at radius 2 is 2.21 bits per heavy atom. The van der Waals surface area contributed by atoms with Crippen molar-refractivity contribution in [2.24, 2.45) is 0 Å². The van der Waals surface area contributed by atoms with Crippen LogP contribution in [0.5, 0.6) is 5.75 Å². The average Bonchev–Trinajstić information content (AvgIpc) is 2.62. The van der Waals surface area contributed by atoms with Crippen LogP contribution in [0.2, 0.25) is 0 Å². The molecule has 0 aliphatic heterocycles. The van der Waals surface area contributed by atoms with Crippen molar-refractivity contribution >= 4 is 17.3 Å². The van der Waals surface area contributed by atoms with E-state index in [4.69, 9.17) is 9.84 Å². The summed E-state index contributed by atoms with van der Waals surface area (Å²) in [6.07, 6.45) is 2.06. The van der Waals surface area contributed by atoms with Gasteiger partial charge in [0.25, 0.3) is 0 Å². The Hall–Kier alpha value is -1.03. The fraction of sp³-hybridized carbons (Fsp3) is 0.500. The Morgan fingerprint density at radius 3 is 2.64 bits per heavy atom. The molecular weight excluding hydrogens is 200 g/mol. The molecule has 0 fully saturated rings. The SMILES string of the molecule is CCC(CC)Oc1csc(C(=O)O)c1. The molecule has 78 valence electrons. The van der Waals surface area contributed by atoms with Gasteiger partial charge >= 0.3 is 5.97 Å². The summed E-state index contributed by atoms with van der Waals surface area (Å²) in [5.41, 5.74) is 0. The topological polar surface area (TPSA) is 46.5 Å². The zero-order valence-corrected chi connectivity index (χ0v) is 9.13. The fourth-order valence-electron chi connectivity index (χ4n) is 1.14. The highest BCUT2D eigenvalue weighted by Crippen LogP contribution is 2.23. The molecule has 1 aromatic heterocycles. The van der Waals surface area contributed by atoms with Crippen molar-refractivity contribution in [2.45, 2.75) is 32.8 Å². The zero-order valence-electron chi connectivity index (χ0n) is 8.32. The predicted molar refractivity (Wildman–Crippen MR) is 56.3 cm³/mol. The predicted octanol–water partition coefficient (Wildman–Crippen LogP) is 3.01. The Labute approximate surface area is 87.3 Å². The van der Waals surface area contributed by atoms with E-state index < -0.39 is 5.97 Å². The first kappa shape index (κ1) is 11.0. The van der Waals surface area contributed by atoms with E-state index in [1.54, 1.807) is 11.4 Å². The molecule has 1 heterocycles. The third kappa shape index (κ3) is 2.73. The molecule has 0 amide bonds. The standard InChI is InChI=1S/C10H14O3S/c1-3-7(4-2)13-8-5-9(10(11)12)14-6-8/h5-7H,3-4H2,1-2H3,(H,11,12). The van der Waals surface area contributed by atoms with E-state index in [-0.39, 0.29) is 6.10 Å². The van der Waals surface area contributed by atoms with Crippen molar-refractivity contribution < 1.29 is 14.6 Å². The van der Waals surface area contributed by atoms with Crippen molar-refractivity contribution in [3.05, 3.63) is 16.3 Å². The lowest BCUT2D eigenvalue weighted by Crippen LogP contribution is -2.13. The van der Waals surface area contributed by atoms with E-state index in [0.717, 1.165) is 12.8 Å². The molecular formula is C10H14O3S. The third-order valence-corrected chi connectivity index (χ3v) is 2.90. The first-order chi connectivity index (χ1) is 6.67. The molecule has 0 saturated carbocycles. The molecule has 0 aromatic carbocycles. The van der Waals surface area contributed by atoms with Gasteiger partial charge in [-0.25, -0.2) is 4.79 Å². The molecule has 1 rings (SSSR count). The first-order valence-electron chi connectivity index (χ1n) is 4.65. The number of carboxylic acid groups (broad SMARTS) is 1. The van der Waals surface area contributed by atoms with Crippen LogP contribution in [0.1, 0.15) is 36.4 Å². The maximum Gasteiger partial charge on any atom is 0.346 e. The lowest BCUT2D eigenvalue weighted by molar-refractivity contribution is 0.0701. The third-order valence-electron chi connectivity index (χ3n) is 2.00. The van der Waals surface area contributed by atoms with Crippen LogP contribution in [0, 0.1) is 0 Å². The molecule has 0 aliphatic rings. The number of thiophene rings is 1. The van der Waals surface area contributed by atoms with Gasteiger partial charge in [-0.1, -0.05) is 13.8 Å². The van der Waals surface area contributed by atoms with Crippen molar-refractivity contribution in [1.29, 1.82) is 0 Å². The highest BCUT2D eigenvalue weighted by atomic mass is 32.1. The van der Waals surface area contributed by atoms with Crippen molar-refractivity contribution in [1.82, 2.24) is 0 Å². The van der Waals surface area contributed by atoms with Crippen LogP contribution in [0.25, 0.3) is 0 Å². The minimum absolute atomic E-state index is 0.186. The second-order valence-electron chi connectivity index (χ2n) is 3.01. The highest BCUT2D eigenvalue weighted by molar-refractivity contribution is 7.12. The van der Waals surface area contributed by atoms with Crippen LogP contribution >= 0.6 is 11.3 Å². The van der Waals surface area contributed by atoms with Gasteiger partial charge in [-0.15, -0.1) is 11.3 Å². The number of hydrogen-bond acceptors (Lipinski definition) is 3. The highest BCUT2D eigenvalue weighted by Gasteiger charge is 2.10. The molecule has 0 unspecified atom stereocenters. The molecule has 0 bridgehead atoms. The lowest BCUT2D eigenvalue weighted by Gasteiger charge is -2.13. The Morgan fingerprint density at radius 1 is 1.57 bits per heavy atom. The normalized spacial score (nSPS) is 10.5. The zero-order chi connectivity index (χ0) is 10.6. The molecule has 14 heavy (non-hydrogen) atoms. The number of aromatic carboxylic acids is 1. The van der Waals surface area contributed by atoms with Gasteiger partial charge in [-0.05, 0) is 12.8 Å². The second-order valence-corrected chi connectivity index (χ2v) is 3.92. The van der Waals surface area contributed by atoms with Gasteiger partial charge in [0.15, 0.2) is 0 Å². The molecule has 1 N–H and O–H groups in total. The summed E-state index contributed by atoms with van der Waals surface area (Å²) < 4.78 is 5.59. The van der Waals surface area contributed by atoms with Crippen LogP contribution in [-0.4, -0.2) is 17.2 Å². The smallest absolute Gasteiger partial charge is 0.346 e. The van der Waals surface area contributed by atoms with E-state index in [1.165, 1.54) is 11.3 Å². The van der Waals surface area contributed by atoms with Crippen molar-refractivity contribution in [3.63, 3.8) is 0 Å². The summed E-state index contributed by atoms with van der Waals surface area (Å²) >= 11 is 1.20. The van der Waals surface area contributed by atoms with Gasteiger partial charge < -0.3 is 9.84 Å². The number of hydrogen-bond donors (Lipinski definition) is 1. The molecule has 3 nitrogen and oxygen atoms in total. The van der Waals surface area contributed by atoms with Crippen LogP contribution in [-0.2, 0) is 0 Å².